The molecule has 0 saturated heterocycles. The second kappa shape index (κ2) is 6.92. The fourth-order valence-electron chi connectivity index (χ4n) is 2.46. The number of carbonyl (C=O) groups is 1. The number of carbonyl (C=O) groups excluding carboxylic acids is 1. The summed E-state index contributed by atoms with van der Waals surface area (Å²) in [6, 6.07) is 0. The van der Waals surface area contributed by atoms with Gasteiger partial charge in [-0.3, -0.25) is 0 Å². The number of rotatable bonds is 4. The van der Waals surface area contributed by atoms with Crippen molar-refractivity contribution in [2.45, 2.75) is 51.7 Å². The fourth-order valence-corrected chi connectivity index (χ4v) is 3.57. The maximum absolute atomic E-state index is 12.9. The van der Waals surface area contributed by atoms with Gasteiger partial charge < -0.3 is 9.29 Å². The van der Waals surface area contributed by atoms with Crippen molar-refractivity contribution in [1.29, 1.82) is 0 Å². The van der Waals surface area contributed by atoms with Crippen LogP contribution < -0.4 is 0 Å². The Morgan fingerprint density at radius 3 is 2.59 bits per heavy atom. The monoisotopic (exact) mass is 323 g/mol. The molecule has 2 aliphatic rings. The smallest absolute Gasteiger partial charge is 0.359 e. The molecule has 1 aliphatic carbocycles. The molecule has 5 heteroatoms. The van der Waals surface area contributed by atoms with Gasteiger partial charge in [-0.25, -0.2) is 4.79 Å². The van der Waals surface area contributed by atoms with Crippen LogP contribution in [0.5, 0.6) is 0 Å². The molecular formula is C17H25NO3S. The van der Waals surface area contributed by atoms with Crippen LogP contribution in [0.2, 0.25) is 0 Å². The van der Waals surface area contributed by atoms with Crippen molar-refractivity contribution in [3.8, 4) is 0 Å². The number of hydrogen-bond acceptors (Lipinski definition) is 4. The molecule has 1 saturated carbocycles. The minimum Gasteiger partial charge on any atom is -0.592 e. The molecule has 4 nitrogen and oxygen atoms in total. The molecule has 0 amide bonds. The van der Waals surface area contributed by atoms with Gasteiger partial charge in [0.2, 0.25) is 0 Å². The van der Waals surface area contributed by atoms with Crippen LogP contribution in [0.1, 0.15) is 47.0 Å². The van der Waals surface area contributed by atoms with Gasteiger partial charge in [-0.15, -0.1) is 0 Å². The molecule has 22 heavy (non-hydrogen) atoms. The molecule has 0 aromatic rings. The Morgan fingerprint density at radius 1 is 1.41 bits per heavy atom. The number of esters is 1. The number of hydrogen-bond donors (Lipinski definition) is 0. The molecule has 1 aliphatic heterocycles. The van der Waals surface area contributed by atoms with E-state index in [0.717, 1.165) is 18.4 Å². The van der Waals surface area contributed by atoms with E-state index < -0.39 is 22.1 Å². The van der Waals surface area contributed by atoms with E-state index in [1.165, 1.54) is 6.42 Å². The summed E-state index contributed by atoms with van der Waals surface area (Å²) < 4.78 is 19.2. The molecule has 0 bridgehead atoms. The van der Waals surface area contributed by atoms with Gasteiger partial charge in [0.1, 0.15) is 4.75 Å². The molecule has 0 unspecified atom stereocenters. The molecule has 1 heterocycles. The summed E-state index contributed by atoms with van der Waals surface area (Å²) >= 11 is -1.36. The highest BCUT2D eigenvalue weighted by Crippen LogP contribution is 2.39. The molecular weight excluding hydrogens is 298 g/mol. The van der Waals surface area contributed by atoms with Crippen LogP contribution in [0, 0.1) is 5.92 Å². The van der Waals surface area contributed by atoms with E-state index in [1.807, 2.05) is 39.0 Å². The number of ether oxygens (including phenoxy) is 1. The van der Waals surface area contributed by atoms with Crippen molar-refractivity contribution in [3.05, 3.63) is 35.7 Å². The van der Waals surface area contributed by atoms with Gasteiger partial charge >= 0.3 is 5.97 Å². The first-order valence-corrected chi connectivity index (χ1v) is 8.94. The van der Waals surface area contributed by atoms with Crippen LogP contribution >= 0.6 is 0 Å². The zero-order chi connectivity index (χ0) is 16.3. The molecule has 0 radical (unpaired) electrons. The first-order valence-electron chi connectivity index (χ1n) is 7.83. The van der Waals surface area contributed by atoms with Gasteiger partial charge in [-0.2, -0.15) is 4.31 Å². The van der Waals surface area contributed by atoms with Crippen LogP contribution in [0.4, 0.5) is 0 Å². The predicted octanol–water partition coefficient (Wildman–Crippen LogP) is 3.45. The molecule has 1 fully saturated rings. The van der Waals surface area contributed by atoms with Crippen molar-refractivity contribution in [3.63, 3.8) is 0 Å². The summed E-state index contributed by atoms with van der Waals surface area (Å²) in [7, 11) is 0. The summed E-state index contributed by atoms with van der Waals surface area (Å²) in [5, 5.41) is 0. The maximum atomic E-state index is 12.9. The van der Waals surface area contributed by atoms with E-state index in [-0.39, 0.29) is 0 Å². The quantitative estimate of drug-likeness (QED) is 0.587. The zero-order valence-corrected chi connectivity index (χ0v) is 14.6. The van der Waals surface area contributed by atoms with Gasteiger partial charge in [-0.05, 0) is 58.1 Å². The van der Waals surface area contributed by atoms with Crippen LogP contribution in [-0.2, 0) is 20.9 Å². The van der Waals surface area contributed by atoms with Crippen molar-refractivity contribution in [1.82, 2.24) is 4.31 Å². The van der Waals surface area contributed by atoms with Crippen molar-refractivity contribution < 1.29 is 14.1 Å². The van der Waals surface area contributed by atoms with Crippen molar-refractivity contribution in [2.75, 3.05) is 6.61 Å². The maximum Gasteiger partial charge on any atom is 0.359 e. The van der Waals surface area contributed by atoms with Gasteiger partial charge in [0.15, 0.2) is 5.70 Å². The third kappa shape index (κ3) is 3.58. The Bertz CT molecular complexity index is 512. The summed E-state index contributed by atoms with van der Waals surface area (Å²) in [6.07, 6.45) is 10.7. The van der Waals surface area contributed by atoms with Gasteiger partial charge in [0.05, 0.1) is 24.2 Å². The lowest BCUT2D eigenvalue weighted by molar-refractivity contribution is -0.139. The minimum absolute atomic E-state index is 0.309. The predicted molar refractivity (Wildman–Crippen MR) is 89.0 cm³/mol. The summed E-state index contributed by atoms with van der Waals surface area (Å²) in [5.74, 6) is -0.0341. The topological polar surface area (TPSA) is 52.6 Å². The molecule has 0 N–H and O–H groups in total. The summed E-state index contributed by atoms with van der Waals surface area (Å²) in [5.41, 5.74) is 1.39. The Kier molecular flexibility index (Phi) is 5.40. The Labute approximate surface area is 136 Å². The normalized spacial score (nSPS) is 20.7. The van der Waals surface area contributed by atoms with Gasteiger partial charge in [0, 0.05) is 0 Å². The summed E-state index contributed by atoms with van der Waals surface area (Å²) in [4.78, 5) is 12.5. The van der Waals surface area contributed by atoms with Crippen LogP contribution in [-0.4, -0.2) is 26.2 Å². The minimum atomic E-state index is -1.36. The largest absolute Gasteiger partial charge is 0.592 e. The highest BCUT2D eigenvalue weighted by atomic mass is 32.2. The Morgan fingerprint density at radius 2 is 2.09 bits per heavy atom. The standard InChI is InChI=1S/C17H25NO3S/c1-5-21-16(19)15-14(13-9-8-10-13)11-6-7-12-18(15)22(20)17(2,3)4/h6-7,11-13H,5,8-10H2,1-4H3/t22-/m0/s1. The van der Waals surface area contributed by atoms with Crippen molar-refractivity contribution in [2.24, 2.45) is 5.92 Å². The zero-order valence-electron chi connectivity index (χ0n) is 13.8. The average molecular weight is 323 g/mol. The second-order valence-electron chi connectivity index (χ2n) is 6.54. The highest BCUT2D eigenvalue weighted by molar-refractivity contribution is 7.90. The fraction of sp³-hybridized carbons (Fsp3) is 0.588. The SMILES string of the molecule is CCOC(=O)C1=C(C2CCC2)C=CC=CN1[S@@+]([O-])C(C)(C)C. The molecule has 0 aromatic carbocycles. The van der Waals surface area contributed by atoms with E-state index in [4.69, 9.17) is 4.74 Å². The van der Waals surface area contributed by atoms with E-state index in [1.54, 1.807) is 17.4 Å². The van der Waals surface area contributed by atoms with E-state index in [9.17, 15) is 9.35 Å². The third-order valence-electron chi connectivity index (χ3n) is 3.82. The Hall–Kier alpha value is -1.20. The second-order valence-corrected chi connectivity index (χ2v) is 8.66. The number of allylic oxidation sites excluding steroid dienone is 4. The number of nitrogens with zero attached hydrogens (tertiary/aromatic N) is 1. The lowest BCUT2D eigenvalue weighted by atomic mass is 9.78. The third-order valence-corrected chi connectivity index (χ3v) is 5.53. The average Bonchev–Trinajstić information content (AvgIpc) is 2.58. The molecule has 0 spiro atoms. The lowest BCUT2D eigenvalue weighted by Gasteiger charge is -2.34. The van der Waals surface area contributed by atoms with E-state index >= 15 is 0 Å². The van der Waals surface area contributed by atoms with Crippen molar-refractivity contribution >= 4 is 17.3 Å². The van der Waals surface area contributed by atoms with Crippen LogP contribution in [0.25, 0.3) is 0 Å². The molecule has 2 rings (SSSR count). The first kappa shape index (κ1) is 17.2. The van der Waals surface area contributed by atoms with E-state index in [0.29, 0.717) is 18.2 Å². The highest BCUT2D eigenvalue weighted by Gasteiger charge is 2.39. The Balaban J connectivity index is 2.46. The first-order chi connectivity index (χ1) is 10.4. The summed E-state index contributed by atoms with van der Waals surface area (Å²) in [6.45, 7) is 7.81. The molecule has 0 aromatic heterocycles. The lowest BCUT2D eigenvalue weighted by Crippen LogP contribution is -2.42. The molecule has 122 valence electrons. The van der Waals surface area contributed by atoms with Crippen LogP contribution in [0.3, 0.4) is 0 Å². The van der Waals surface area contributed by atoms with Crippen LogP contribution in [0.15, 0.2) is 35.7 Å². The van der Waals surface area contributed by atoms with E-state index in [2.05, 4.69) is 0 Å². The molecule has 1 atom stereocenters. The van der Waals surface area contributed by atoms with Gasteiger partial charge in [-0.1, -0.05) is 18.6 Å². The van der Waals surface area contributed by atoms with Gasteiger partial charge in [0.25, 0.3) is 0 Å².